The maximum absolute atomic E-state index is 12.1. The lowest BCUT2D eigenvalue weighted by molar-refractivity contribution is -0.0498. The fourth-order valence-corrected chi connectivity index (χ4v) is 2.92. The van der Waals surface area contributed by atoms with Crippen LogP contribution in [0.4, 0.5) is 8.78 Å². The Morgan fingerprint density at radius 1 is 1.16 bits per heavy atom. The van der Waals surface area contributed by atoms with E-state index in [9.17, 15) is 22.0 Å². The van der Waals surface area contributed by atoms with Gasteiger partial charge >= 0.3 is 12.6 Å². The third-order valence-corrected chi connectivity index (χ3v) is 4.38. The number of hydrogen-bond donors (Lipinski definition) is 1. The largest absolute Gasteiger partial charge is 0.457 e. The van der Waals surface area contributed by atoms with Gasteiger partial charge in [-0.05, 0) is 35.9 Å². The van der Waals surface area contributed by atoms with Crippen molar-refractivity contribution in [1.82, 2.24) is 0 Å². The first kappa shape index (κ1) is 19.1. The van der Waals surface area contributed by atoms with Crippen LogP contribution < -0.4 is 9.88 Å². The quantitative estimate of drug-likeness (QED) is 0.764. The van der Waals surface area contributed by atoms with Gasteiger partial charge in [-0.25, -0.2) is 18.4 Å². The minimum atomic E-state index is -4.09. The van der Waals surface area contributed by atoms with Crippen LogP contribution in [0.15, 0.2) is 47.4 Å². The van der Waals surface area contributed by atoms with Crippen molar-refractivity contribution >= 4 is 27.6 Å². The molecule has 0 saturated carbocycles. The molecule has 10 heteroatoms. The lowest BCUT2D eigenvalue weighted by atomic mass is 10.2. The van der Waals surface area contributed by atoms with Crippen LogP contribution in [0.25, 0.3) is 0 Å². The lowest BCUT2D eigenvalue weighted by Crippen LogP contribution is -2.14. The van der Waals surface area contributed by atoms with Crippen molar-refractivity contribution in [3.8, 4) is 5.75 Å². The van der Waals surface area contributed by atoms with Crippen LogP contribution in [0.1, 0.15) is 15.9 Å². The Hall–Kier alpha value is -2.23. The highest BCUT2D eigenvalue weighted by atomic mass is 35.5. The van der Waals surface area contributed by atoms with E-state index in [0.717, 1.165) is 6.07 Å². The van der Waals surface area contributed by atoms with E-state index in [0.29, 0.717) is 5.56 Å². The van der Waals surface area contributed by atoms with Gasteiger partial charge in [-0.15, -0.1) is 0 Å². The summed E-state index contributed by atoms with van der Waals surface area (Å²) in [5.74, 6) is -0.824. The highest BCUT2D eigenvalue weighted by Crippen LogP contribution is 2.22. The molecule has 0 aliphatic carbocycles. The van der Waals surface area contributed by atoms with E-state index < -0.39 is 27.5 Å². The van der Waals surface area contributed by atoms with Crippen LogP contribution in [0.3, 0.4) is 0 Å². The number of carbonyl (C=O) groups is 1. The van der Waals surface area contributed by atoms with Gasteiger partial charge < -0.3 is 9.47 Å². The maximum atomic E-state index is 12.1. The molecular formula is C15H12ClF2NO5S. The van der Waals surface area contributed by atoms with Crippen LogP contribution in [0.2, 0.25) is 5.02 Å². The van der Waals surface area contributed by atoms with E-state index in [4.69, 9.17) is 21.5 Å². The molecule has 134 valence electrons. The standard InChI is InChI=1S/C15H12ClF2NO5S/c16-12-6-3-10(7-13(12)25(19,21)22)14(20)23-8-9-1-4-11(5-2-9)24-15(17)18/h1-7,15H,8H2,(H2,19,21,22). The van der Waals surface area contributed by atoms with Gasteiger partial charge in [0.05, 0.1) is 10.6 Å². The summed E-state index contributed by atoms with van der Waals surface area (Å²) in [6.07, 6.45) is 0. The average Bonchev–Trinajstić information content (AvgIpc) is 2.52. The van der Waals surface area contributed by atoms with Gasteiger partial charge in [-0.1, -0.05) is 23.7 Å². The number of nitrogens with two attached hydrogens (primary N) is 1. The summed E-state index contributed by atoms with van der Waals surface area (Å²) in [5.41, 5.74) is 0.474. The van der Waals surface area contributed by atoms with Crippen molar-refractivity contribution < 1.29 is 31.5 Å². The zero-order valence-electron chi connectivity index (χ0n) is 12.5. The van der Waals surface area contributed by atoms with Gasteiger partial charge in [0.15, 0.2) is 0 Å². The third-order valence-electron chi connectivity index (χ3n) is 2.99. The molecule has 0 unspecified atom stereocenters. The Morgan fingerprint density at radius 3 is 2.36 bits per heavy atom. The molecule has 2 aromatic rings. The highest BCUT2D eigenvalue weighted by Gasteiger charge is 2.17. The smallest absolute Gasteiger partial charge is 0.387 e. The van der Waals surface area contributed by atoms with Crippen molar-refractivity contribution in [3.63, 3.8) is 0 Å². The zero-order valence-corrected chi connectivity index (χ0v) is 14.1. The van der Waals surface area contributed by atoms with Gasteiger partial charge in [-0.2, -0.15) is 8.78 Å². The Bertz CT molecular complexity index is 872. The number of primary sulfonamides is 1. The van der Waals surface area contributed by atoms with Crippen LogP contribution in [0.5, 0.6) is 5.75 Å². The van der Waals surface area contributed by atoms with Gasteiger partial charge in [0.2, 0.25) is 10.0 Å². The van der Waals surface area contributed by atoms with Gasteiger partial charge in [0.25, 0.3) is 0 Å². The predicted octanol–water partition coefficient (Wildman–Crippen LogP) is 2.95. The molecule has 25 heavy (non-hydrogen) atoms. The fourth-order valence-electron chi connectivity index (χ4n) is 1.85. The van der Waals surface area contributed by atoms with Crippen molar-refractivity contribution in [2.45, 2.75) is 18.1 Å². The summed E-state index contributed by atoms with van der Waals surface area (Å²) in [4.78, 5) is 11.6. The lowest BCUT2D eigenvalue weighted by Gasteiger charge is -2.08. The average molecular weight is 392 g/mol. The molecule has 2 rings (SSSR count). The molecule has 0 aliphatic heterocycles. The van der Waals surface area contributed by atoms with Crippen LogP contribution in [-0.2, 0) is 21.4 Å². The summed E-state index contributed by atoms with van der Waals surface area (Å²) in [6.45, 7) is -3.08. The van der Waals surface area contributed by atoms with Crippen molar-refractivity contribution in [2.75, 3.05) is 0 Å². The number of benzene rings is 2. The van der Waals surface area contributed by atoms with Gasteiger partial charge in [0, 0.05) is 0 Å². The topological polar surface area (TPSA) is 95.7 Å². The molecular weight excluding hydrogens is 380 g/mol. The van der Waals surface area contributed by atoms with E-state index in [1.165, 1.54) is 36.4 Å². The predicted molar refractivity (Wildman–Crippen MR) is 85.0 cm³/mol. The number of rotatable bonds is 6. The molecule has 2 aromatic carbocycles. The minimum absolute atomic E-state index is 0.0272. The first-order valence-electron chi connectivity index (χ1n) is 6.70. The maximum Gasteiger partial charge on any atom is 0.387 e. The Labute approximate surface area is 147 Å². The number of esters is 1. The molecule has 0 atom stereocenters. The molecule has 0 aliphatic rings. The van der Waals surface area contributed by atoms with E-state index in [1.807, 2.05) is 0 Å². The monoisotopic (exact) mass is 391 g/mol. The van der Waals surface area contributed by atoms with E-state index in [1.54, 1.807) is 0 Å². The van der Waals surface area contributed by atoms with E-state index in [2.05, 4.69) is 4.74 Å². The summed E-state index contributed by atoms with van der Waals surface area (Å²) < 4.78 is 56.1. The second-order valence-electron chi connectivity index (χ2n) is 4.79. The summed E-state index contributed by atoms with van der Waals surface area (Å²) in [6, 6.07) is 9.02. The number of halogens is 3. The van der Waals surface area contributed by atoms with Gasteiger partial charge in [0.1, 0.15) is 17.3 Å². The zero-order chi connectivity index (χ0) is 18.6. The first-order chi connectivity index (χ1) is 11.7. The molecule has 0 bridgehead atoms. The third kappa shape index (κ3) is 5.38. The van der Waals surface area contributed by atoms with E-state index >= 15 is 0 Å². The van der Waals surface area contributed by atoms with Crippen LogP contribution >= 0.6 is 11.6 Å². The number of hydrogen-bond acceptors (Lipinski definition) is 5. The highest BCUT2D eigenvalue weighted by molar-refractivity contribution is 7.89. The number of carbonyl (C=O) groups excluding carboxylic acids is 1. The molecule has 0 amide bonds. The van der Waals surface area contributed by atoms with Gasteiger partial charge in [-0.3, -0.25) is 0 Å². The molecule has 0 radical (unpaired) electrons. The number of sulfonamides is 1. The number of alkyl halides is 2. The van der Waals surface area contributed by atoms with Crippen molar-refractivity contribution in [2.24, 2.45) is 5.14 Å². The summed E-state index contributed by atoms with van der Waals surface area (Å²) >= 11 is 5.73. The summed E-state index contributed by atoms with van der Waals surface area (Å²) in [7, 11) is -4.09. The van der Waals surface area contributed by atoms with Crippen molar-refractivity contribution in [1.29, 1.82) is 0 Å². The first-order valence-corrected chi connectivity index (χ1v) is 8.62. The normalized spacial score (nSPS) is 11.4. The molecule has 0 spiro atoms. The Balaban J connectivity index is 2.05. The minimum Gasteiger partial charge on any atom is -0.457 e. The molecule has 6 nitrogen and oxygen atoms in total. The number of ether oxygens (including phenoxy) is 2. The van der Waals surface area contributed by atoms with Crippen LogP contribution in [-0.4, -0.2) is 21.0 Å². The van der Waals surface area contributed by atoms with E-state index in [-0.39, 0.29) is 22.9 Å². The van der Waals surface area contributed by atoms with Crippen LogP contribution in [0, 0.1) is 0 Å². The summed E-state index contributed by atoms with van der Waals surface area (Å²) in [5, 5.41) is 4.89. The Morgan fingerprint density at radius 2 is 1.80 bits per heavy atom. The SMILES string of the molecule is NS(=O)(=O)c1cc(C(=O)OCc2ccc(OC(F)F)cc2)ccc1Cl. The molecule has 0 heterocycles. The molecule has 0 fully saturated rings. The second kappa shape index (κ2) is 7.77. The Kier molecular flexibility index (Phi) is 5.93. The molecule has 2 N–H and O–H groups in total. The second-order valence-corrected chi connectivity index (χ2v) is 6.73. The molecule has 0 saturated heterocycles. The fraction of sp³-hybridized carbons (Fsp3) is 0.133. The molecule has 0 aromatic heterocycles. The van der Waals surface area contributed by atoms with Crippen molar-refractivity contribution in [3.05, 3.63) is 58.6 Å².